The Morgan fingerprint density at radius 1 is 1.28 bits per heavy atom. The molecule has 1 aliphatic rings. The van der Waals surface area contributed by atoms with E-state index in [0.29, 0.717) is 19.1 Å². The maximum atomic E-state index is 11.3. The van der Waals surface area contributed by atoms with E-state index in [0.717, 1.165) is 30.1 Å². The van der Waals surface area contributed by atoms with Gasteiger partial charge in [-0.1, -0.05) is 19.1 Å². The van der Waals surface area contributed by atoms with Crippen LogP contribution in [0.5, 0.6) is 5.75 Å². The van der Waals surface area contributed by atoms with Crippen molar-refractivity contribution in [3.8, 4) is 5.75 Å². The molecule has 0 N–H and O–H groups in total. The van der Waals surface area contributed by atoms with E-state index in [9.17, 15) is 4.79 Å². The van der Waals surface area contributed by atoms with Gasteiger partial charge in [-0.2, -0.15) is 0 Å². The standard InChI is InChI=1S/C15H20O3/c1-3-17-15(16)10-12-4-6-13(7-5-12)18-14-8-11(2)9-14/h4-7,11,14H,3,8-10H2,1-2H3. The highest BCUT2D eigenvalue weighted by Crippen LogP contribution is 2.30. The number of rotatable bonds is 5. The maximum absolute atomic E-state index is 11.3. The molecule has 18 heavy (non-hydrogen) atoms. The van der Waals surface area contributed by atoms with E-state index < -0.39 is 0 Å². The molecule has 0 radical (unpaired) electrons. The number of hydrogen-bond donors (Lipinski definition) is 0. The Kier molecular flexibility index (Phi) is 4.24. The van der Waals surface area contributed by atoms with Gasteiger partial charge in [0.1, 0.15) is 5.75 Å². The quantitative estimate of drug-likeness (QED) is 0.751. The zero-order chi connectivity index (χ0) is 13.0. The van der Waals surface area contributed by atoms with Gasteiger partial charge < -0.3 is 9.47 Å². The number of carbonyl (C=O) groups excluding carboxylic acids is 1. The first kappa shape index (κ1) is 12.9. The summed E-state index contributed by atoms with van der Waals surface area (Å²) in [6, 6.07) is 7.71. The summed E-state index contributed by atoms with van der Waals surface area (Å²) in [5, 5.41) is 0. The van der Waals surface area contributed by atoms with Crippen LogP contribution in [0.4, 0.5) is 0 Å². The summed E-state index contributed by atoms with van der Waals surface area (Å²) in [4.78, 5) is 11.3. The van der Waals surface area contributed by atoms with Crippen LogP contribution in [0.3, 0.4) is 0 Å². The highest BCUT2D eigenvalue weighted by atomic mass is 16.5. The van der Waals surface area contributed by atoms with E-state index in [1.165, 1.54) is 0 Å². The smallest absolute Gasteiger partial charge is 0.310 e. The largest absolute Gasteiger partial charge is 0.490 e. The first-order chi connectivity index (χ1) is 8.67. The molecule has 0 atom stereocenters. The van der Waals surface area contributed by atoms with Crippen molar-refractivity contribution in [3.05, 3.63) is 29.8 Å². The molecule has 3 nitrogen and oxygen atoms in total. The van der Waals surface area contributed by atoms with Crippen molar-refractivity contribution in [2.24, 2.45) is 5.92 Å². The van der Waals surface area contributed by atoms with Crippen LogP contribution in [0.2, 0.25) is 0 Å². The van der Waals surface area contributed by atoms with Crippen molar-refractivity contribution in [3.63, 3.8) is 0 Å². The number of benzene rings is 1. The summed E-state index contributed by atoms with van der Waals surface area (Å²) < 4.78 is 10.7. The van der Waals surface area contributed by atoms with E-state index in [4.69, 9.17) is 9.47 Å². The van der Waals surface area contributed by atoms with Gasteiger partial charge in [-0.25, -0.2) is 0 Å². The van der Waals surface area contributed by atoms with Crippen molar-refractivity contribution >= 4 is 5.97 Å². The number of carbonyl (C=O) groups is 1. The maximum Gasteiger partial charge on any atom is 0.310 e. The minimum absolute atomic E-state index is 0.181. The van der Waals surface area contributed by atoms with Gasteiger partial charge in [-0.3, -0.25) is 4.79 Å². The van der Waals surface area contributed by atoms with E-state index >= 15 is 0 Å². The molecule has 0 unspecified atom stereocenters. The highest BCUT2D eigenvalue weighted by molar-refractivity contribution is 5.72. The average Bonchev–Trinajstić information content (AvgIpc) is 2.30. The molecule has 2 rings (SSSR count). The second-order valence-electron chi connectivity index (χ2n) is 4.94. The molecule has 1 fully saturated rings. The van der Waals surface area contributed by atoms with Gasteiger partial charge in [0.2, 0.25) is 0 Å². The molecule has 3 heteroatoms. The van der Waals surface area contributed by atoms with Gasteiger partial charge >= 0.3 is 5.97 Å². The third-order valence-corrected chi connectivity index (χ3v) is 3.21. The van der Waals surface area contributed by atoms with Crippen LogP contribution in [-0.2, 0) is 16.0 Å². The van der Waals surface area contributed by atoms with E-state index in [2.05, 4.69) is 6.92 Å². The fraction of sp³-hybridized carbons (Fsp3) is 0.533. The lowest BCUT2D eigenvalue weighted by molar-refractivity contribution is -0.142. The fourth-order valence-electron chi connectivity index (χ4n) is 2.18. The Balaban J connectivity index is 1.83. The van der Waals surface area contributed by atoms with Crippen LogP contribution in [0, 0.1) is 5.92 Å². The molecular weight excluding hydrogens is 228 g/mol. The van der Waals surface area contributed by atoms with Crippen molar-refractivity contribution in [1.29, 1.82) is 0 Å². The van der Waals surface area contributed by atoms with Gasteiger partial charge in [0.05, 0.1) is 19.1 Å². The molecule has 0 amide bonds. The lowest BCUT2D eigenvalue weighted by atomic mass is 9.84. The average molecular weight is 248 g/mol. The Hall–Kier alpha value is -1.51. The fourth-order valence-corrected chi connectivity index (χ4v) is 2.18. The predicted molar refractivity (Wildman–Crippen MR) is 69.6 cm³/mol. The summed E-state index contributed by atoms with van der Waals surface area (Å²) in [5.41, 5.74) is 0.961. The molecule has 0 spiro atoms. The highest BCUT2D eigenvalue weighted by Gasteiger charge is 2.26. The molecule has 0 aromatic heterocycles. The Labute approximate surface area is 108 Å². The number of hydrogen-bond acceptors (Lipinski definition) is 3. The van der Waals surface area contributed by atoms with E-state index in [1.807, 2.05) is 31.2 Å². The molecule has 0 heterocycles. The van der Waals surface area contributed by atoms with Crippen LogP contribution in [0.1, 0.15) is 32.3 Å². The Morgan fingerprint density at radius 3 is 2.50 bits per heavy atom. The Bertz CT molecular complexity index is 391. The van der Waals surface area contributed by atoms with Crippen molar-refractivity contribution < 1.29 is 14.3 Å². The predicted octanol–water partition coefficient (Wildman–Crippen LogP) is 2.97. The molecule has 0 bridgehead atoms. The van der Waals surface area contributed by atoms with Crippen molar-refractivity contribution in [2.45, 2.75) is 39.2 Å². The van der Waals surface area contributed by atoms with Crippen LogP contribution in [-0.4, -0.2) is 18.7 Å². The number of ether oxygens (including phenoxy) is 2. The topological polar surface area (TPSA) is 35.5 Å². The first-order valence-electron chi connectivity index (χ1n) is 6.58. The first-order valence-corrected chi connectivity index (χ1v) is 6.58. The summed E-state index contributed by atoms with van der Waals surface area (Å²) in [6.07, 6.45) is 2.99. The van der Waals surface area contributed by atoms with Gasteiger partial charge in [0.25, 0.3) is 0 Å². The second kappa shape index (κ2) is 5.89. The van der Waals surface area contributed by atoms with Crippen LogP contribution < -0.4 is 4.74 Å². The molecule has 0 saturated heterocycles. The summed E-state index contributed by atoms with van der Waals surface area (Å²) in [6.45, 7) is 4.48. The molecular formula is C15H20O3. The molecule has 98 valence electrons. The molecule has 0 aliphatic heterocycles. The molecule has 1 saturated carbocycles. The summed E-state index contributed by atoms with van der Waals surface area (Å²) in [7, 11) is 0. The second-order valence-corrected chi connectivity index (χ2v) is 4.94. The van der Waals surface area contributed by atoms with Gasteiger partial charge in [-0.05, 0) is 43.4 Å². The summed E-state index contributed by atoms with van der Waals surface area (Å²) >= 11 is 0. The monoisotopic (exact) mass is 248 g/mol. The molecule has 1 aromatic rings. The van der Waals surface area contributed by atoms with E-state index in [1.54, 1.807) is 0 Å². The number of esters is 1. The lowest BCUT2D eigenvalue weighted by Gasteiger charge is -2.32. The van der Waals surface area contributed by atoms with Crippen LogP contribution in [0.25, 0.3) is 0 Å². The van der Waals surface area contributed by atoms with Crippen LogP contribution >= 0.6 is 0 Å². The van der Waals surface area contributed by atoms with Crippen molar-refractivity contribution in [1.82, 2.24) is 0 Å². The summed E-state index contributed by atoms with van der Waals surface area (Å²) in [5.74, 6) is 1.50. The molecule has 1 aromatic carbocycles. The van der Waals surface area contributed by atoms with E-state index in [-0.39, 0.29) is 5.97 Å². The van der Waals surface area contributed by atoms with Gasteiger partial charge in [0.15, 0.2) is 0 Å². The minimum atomic E-state index is -0.181. The Morgan fingerprint density at radius 2 is 1.94 bits per heavy atom. The third-order valence-electron chi connectivity index (χ3n) is 3.21. The lowest BCUT2D eigenvalue weighted by Crippen LogP contribution is -2.31. The van der Waals surface area contributed by atoms with Crippen LogP contribution in [0.15, 0.2) is 24.3 Å². The van der Waals surface area contributed by atoms with Gasteiger partial charge in [0, 0.05) is 0 Å². The third kappa shape index (κ3) is 3.49. The normalized spacial score (nSPS) is 22.1. The zero-order valence-corrected chi connectivity index (χ0v) is 11.0. The minimum Gasteiger partial charge on any atom is -0.490 e. The molecule has 1 aliphatic carbocycles. The SMILES string of the molecule is CCOC(=O)Cc1ccc(OC2CC(C)C2)cc1. The van der Waals surface area contributed by atoms with Gasteiger partial charge in [-0.15, -0.1) is 0 Å². The van der Waals surface area contributed by atoms with Crippen molar-refractivity contribution in [2.75, 3.05) is 6.61 Å². The zero-order valence-electron chi connectivity index (χ0n) is 11.0.